The number of hydrogen-bond donors (Lipinski definition) is 1. The van der Waals surface area contributed by atoms with Gasteiger partial charge in [-0.05, 0) is 41.8 Å². The Balaban J connectivity index is 1.88. The Hall–Kier alpha value is -1.43. The lowest BCUT2D eigenvalue weighted by Gasteiger charge is -2.17. The zero-order valence-corrected chi connectivity index (χ0v) is 12.9. The van der Waals surface area contributed by atoms with Gasteiger partial charge >= 0.3 is 5.97 Å². The van der Waals surface area contributed by atoms with Gasteiger partial charge in [0.15, 0.2) is 6.10 Å². The fraction of sp³-hybridized carbons (Fsp3) is 0.500. The van der Waals surface area contributed by atoms with Gasteiger partial charge in [0.05, 0.1) is 5.56 Å². The monoisotopic (exact) mass is 340 g/mol. The molecule has 0 saturated heterocycles. The van der Waals surface area contributed by atoms with Gasteiger partial charge in [0, 0.05) is 22.9 Å². The summed E-state index contributed by atoms with van der Waals surface area (Å²) in [6.45, 7) is 1.58. The van der Waals surface area contributed by atoms with Crippen LogP contribution in [0.4, 0.5) is 0 Å². The maximum absolute atomic E-state index is 11.9. The zero-order valence-electron chi connectivity index (χ0n) is 11.3. The third-order valence-electron chi connectivity index (χ3n) is 3.30. The smallest absolute Gasteiger partial charge is 0.340 e. The Labute approximate surface area is 126 Å². The molecule has 0 radical (unpaired) electrons. The number of hydrogen-bond acceptors (Lipinski definition) is 4. The maximum atomic E-state index is 11.9. The molecule has 1 fully saturated rings. The molecular weight excluding hydrogens is 324 g/mol. The molecule has 2 rings (SSSR count). The quantitative estimate of drug-likeness (QED) is 0.854. The lowest BCUT2D eigenvalue weighted by Crippen LogP contribution is -2.40. The van der Waals surface area contributed by atoms with Gasteiger partial charge in [-0.3, -0.25) is 9.78 Å². The number of ether oxygens (including phenoxy) is 1. The molecule has 0 spiro atoms. The SMILES string of the molecule is C[C@@H](OC(=O)c1cncc(Br)c1)C(=O)NC1CCCC1. The molecule has 1 atom stereocenters. The fourth-order valence-electron chi connectivity index (χ4n) is 2.19. The third kappa shape index (κ3) is 4.03. The fourth-order valence-corrected chi connectivity index (χ4v) is 2.56. The van der Waals surface area contributed by atoms with Crippen molar-refractivity contribution in [3.8, 4) is 0 Å². The number of amides is 1. The molecule has 5 nitrogen and oxygen atoms in total. The normalized spacial score (nSPS) is 16.7. The number of nitrogens with one attached hydrogen (secondary N) is 1. The highest BCUT2D eigenvalue weighted by atomic mass is 79.9. The second-order valence-corrected chi connectivity index (χ2v) is 5.85. The van der Waals surface area contributed by atoms with Crippen molar-refractivity contribution in [2.75, 3.05) is 0 Å². The van der Waals surface area contributed by atoms with Crippen molar-refractivity contribution in [2.24, 2.45) is 0 Å². The standard InChI is InChI=1S/C14H17BrN2O3/c1-9(13(18)17-12-4-2-3-5-12)20-14(19)10-6-11(15)8-16-7-10/h6-9,12H,2-5H2,1H3,(H,17,18)/t9-/m1/s1. The summed E-state index contributed by atoms with van der Waals surface area (Å²) >= 11 is 3.23. The van der Waals surface area contributed by atoms with E-state index >= 15 is 0 Å². The van der Waals surface area contributed by atoms with E-state index in [-0.39, 0.29) is 11.9 Å². The Morgan fingerprint density at radius 1 is 1.40 bits per heavy atom. The molecule has 0 bridgehead atoms. The molecule has 1 aromatic rings. The molecule has 1 aliphatic rings. The van der Waals surface area contributed by atoms with E-state index in [1.54, 1.807) is 19.2 Å². The minimum atomic E-state index is -0.804. The van der Waals surface area contributed by atoms with E-state index in [1.807, 2.05) is 0 Å². The van der Waals surface area contributed by atoms with Gasteiger partial charge in [0.25, 0.3) is 5.91 Å². The molecule has 1 heterocycles. The van der Waals surface area contributed by atoms with E-state index in [9.17, 15) is 9.59 Å². The van der Waals surface area contributed by atoms with Crippen LogP contribution >= 0.6 is 15.9 Å². The minimum absolute atomic E-state index is 0.219. The molecular formula is C14H17BrN2O3. The summed E-state index contributed by atoms with van der Waals surface area (Å²) in [5.41, 5.74) is 0.319. The van der Waals surface area contributed by atoms with E-state index in [2.05, 4.69) is 26.2 Å². The van der Waals surface area contributed by atoms with Crippen molar-refractivity contribution in [2.45, 2.75) is 44.8 Å². The number of esters is 1. The number of carbonyl (C=O) groups excluding carboxylic acids is 2. The highest BCUT2D eigenvalue weighted by Crippen LogP contribution is 2.18. The Morgan fingerprint density at radius 2 is 2.10 bits per heavy atom. The highest BCUT2D eigenvalue weighted by molar-refractivity contribution is 9.10. The van der Waals surface area contributed by atoms with Gasteiger partial charge in [0.1, 0.15) is 0 Å². The number of pyridine rings is 1. The minimum Gasteiger partial charge on any atom is -0.449 e. The number of rotatable bonds is 4. The second-order valence-electron chi connectivity index (χ2n) is 4.93. The number of nitrogens with zero attached hydrogens (tertiary/aromatic N) is 1. The number of aromatic nitrogens is 1. The van der Waals surface area contributed by atoms with Crippen molar-refractivity contribution >= 4 is 27.8 Å². The molecule has 0 aliphatic heterocycles. The first-order valence-electron chi connectivity index (χ1n) is 6.68. The molecule has 20 heavy (non-hydrogen) atoms. The molecule has 1 N–H and O–H groups in total. The first kappa shape index (κ1) is 15.0. The van der Waals surface area contributed by atoms with Gasteiger partial charge in [-0.25, -0.2) is 4.79 Å². The lowest BCUT2D eigenvalue weighted by molar-refractivity contribution is -0.129. The van der Waals surface area contributed by atoms with Gasteiger partial charge in [0.2, 0.25) is 0 Å². The Bertz CT molecular complexity index is 501. The molecule has 0 aromatic carbocycles. The average molecular weight is 341 g/mol. The molecule has 1 amide bonds. The number of halogens is 1. The maximum Gasteiger partial charge on any atom is 0.340 e. The zero-order chi connectivity index (χ0) is 14.5. The predicted octanol–water partition coefficient (Wildman–Crippen LogP) is 2.45. The van der Waals surface area contributed by atoms with E-state index in [0.29, 0.717) is 10.0 Å². The van der Waals surface area contributed by atoms with Crippen molar-refractivity contribution < 1.29 is 14.3 Å². The van der Waals surface area contributed by atoms with Crippen LogP contribution in [0.25, 0.3) is 0 Å². The van der Waals surface area contributed by atoms with Crippen molar-refractivity contribution in [1.29, 1.82) is 0 Å². The summed E-state index contributed by atoms with van der Waals surface area (Å²) in [6, 6.07) is 1.83. The van der Waals surface area contributed by atoms with Crippen LogP contribution in [0.3, 0.4) is 0 Å². The van der Waals surface area contributed by atoms with Crippen LogP contribution in [0.15, 0.2) is 22.9 Å². The summed E-state index contributed by atoms with van der Waals surface area (Å²) < 4.78 is 5.84. The highest BCUT2D eigenvalue weighted by Gasteiger charge is 2.23. The molecule has 6 heteroatoms. The average Bonchev–Trinajstić information content (AvgIpc) is 2.91. The molecule has 1 aliphatic carbocycles. The summed E-state index contributed by atoms with van der Waals surface area (Å²) in [7, 11) is 0. The summed E-state index contributed by atoms with van der Waals surface area (Å²) in [5, 5.41) is 2.91. The molecule has 108 valence electrons. The van der Waals surface area contributed by atoms with Crippen LogP contribution in [-0.2, 0) is 9.53 Å². The first-order valence-corrected chi connectivity index (χ1v) is 7.47. The molecule has 1 aromatic heterocycles. The van der Waals surface area contributed by atoms with Crippen molar-refractivity contribution in [3.63, 3.8) is 0 Å². The van der Waals surface area contributed by atoms with Crippen LogP contribution in [0.2, 0.25) is 0 Å². The van der Waals surface area contributed by atoms with Crippen molar-refractivity contribution in [1.82, 2.24) is 10.3 Å². The summed E-state index contributed by atoms with van der Waals surface area (Å²) in [4.78, 5) is 27.7. The predicted molar refractivity (Wildman–Crippen MR) is 77.2 cm³/mol. The lowest BCUT2D eigenvalue weighted by atomic mass is 10.2. The topological polar surface area (TPSA) is 68.3 Å². The van der Waals surface area contributed by atoms with Crippen LogP contribution in [0, 0.1) is 0 Å². The summed E-state index contributed by atoms with van der Waals surface area (Å²) in [6.07, 6.45) is 6.47. The second kappa shape index (κ2) is 6.83. The van der Waals surface area contributed by atoms with Crippen LogP contribution in [-0.4, -0.2) is 29.0 Å². The van der Waals surface area contributed by atoms with Gasteiger partial charge in [-0.15, -0.1) is 0 Å². The Kier molecular flexibility index (Phi) is 5.11. The molecule has 1 saturated carbocycles. The van der Waals surface area contributed by atoms with E-state index < -0.39 is 12.1 Å². The summed E-state index contributed by atoms with van der Waals surface area (Å²) in [5.74, 6) is -0.791. The van der Waals surface area contributed by atoms with Crippen LogP contribution < -0.4 is 5.32 Å². The largest absolute Gasteiger partial charge is 0.449 e. The Morgan fingerprint density at radius 3 is 2.75 bits per heavy atom. The third-order valence-corrected chi connectivity index (χ3v) is 3.73. The van der Waals surface area contributed by atoms with Gasteiger partial charge < -0.3 is 10.1 Å². The van der Waals surface area contributed by atoms with E-state index in [1.165, 1.54) is 6.20 Å². The number of carbonyl (C=O) groups is 2. The van der Waals surface area contributed by atoms with Crippen molar-refractivity contribution in [3.05, 3.63) is 28.5 Å². The van der Waals surface area contributed by atoms with Crippen LogP contribution in [0.5, 0.6) is 0 Å². The van der Waals surface area contributed by atoms with Crippen LogP contribution in [0.1, 0.15) is 43.0 Å². The first-order chi connectivity index (χ1) is 9.56. The molecule has 0 unspecified atom stereocenters. The van der Waals surface area contributed by atoms with Gasteiger partial charge in [-0.1, -0.05) is 12.8 Å². The van der Waals surface area contributed by atoms with E-state index in [0.717, 1.165) is 25.7 Å². The van der Waals surface area contributed by atoms with Gasteiger partial charge in [-0.2, -0.15) is 0 Å². The van der Waals surface area contributed by atoms with E-state index in [4.69, 9.17) is 4.74 Å².